The molecule has 3 heteroatoms. The molecule has 0 heterocycles. The van der Waals surface area contributed by atoms with Crippen molar-refractivity contribution in [2.45, 2.75) is 13.0 Å². The number of hydrogen-bond acceptors (Lipinski definition) is 3. The van der Waals surface area contributed by atoms with Crippen molar-refractivity contribution in [2.24, 2.45) is 11.5 Å². The fourth-order valence-electron chi connectivity index (χ4n) is 0.235. The molecule has 0 spiro atoms. The van der Waals surface area contributed by atoms with Crippen molar-refractivity contribution in [1.29, 1.82) is 0 Å². The van der Waals surface area contributed by atoms with Crippen LogP contribution < -0.4 is 11.5 Å². The summed E-state index contributed by atoms with van der Waals surface area (Å²) in [5.74, 6) is 0. The van der Waals surface area contributed by atoms with Crippen LogP contribution in [0.3, 0.4) is 0 Å². The summed E-state index contributed by atoms with van der Waals surface area (Å²) in [4.78, 5) is 0. The first kappa shape index (κ1) is 13.9. The molecule has 0 aromatic rings. The number of rotatable bonds is 5. The molecular weight excluding hydrogens is 152 g/mol. The molecule has 0 saturated carbocycles. The molecule has 0 radical (unpaired) electrons. The average Bonchev–Trinajstić information content (AvgIpc) is 2.07. The van der Waals surface area contributed by atoms with E-state index in [1.807, 2.05) is 6.92 Å². The van der Waals surface area contributed by atoms with Crippen molar-refractivity contribution in [3.8, 4) is 0 Å². The monoisotopic (exact) mass is 172 g/mol. The normalized spacial score (nSPS) is 10.9. The van der Waals surface area contributed by atoms with E-state index in [2.05, 4.69) is 13.2 Å². The minimum absolute atomic E-state index is 0.162. The molecule has 0 rings (SSSR count). The Hall–Kier alpha value is -0.640. The Kier molecular flexibility index (Phi) is 15.1. The van der Waals surface area contributed by atoms with Gasteiger partial charge < -0.3 is 16.2 Å². The standard InChI is InChI=1S/C6H10O.C3H10N2/c1-3-5-7-6-4-2;1-3(5)2-4/h3-4H,1-2,5-6H2;3H,2,4-5H2,1H3. The van der Waals surface area contributed by atoms with Gasteiger partial charge in [0.1, 0.15) is 0 Å². The summed E-state index contributed by atoms with van der Waals surface area (Å²) in [5.41, 5.74) is 10.2. The zero-order valence-corrected chi connectivity index (χ0v) is 7.83. The minimum Gasteiger partial charge on any atom is -0.373 e. The van der Waals surface area contributed by atoms with Crippen molar-refractivity contribution in [3.63, 3.8) is 0 Å². The van der Waals surface area contributed by atoms with Gasteiger partial charge in [-0.25, -0.2) is 0 Å². The van der Waals surface area contributed by atoms with Crippen molar-refractivity contribution in [1.82, 2.24) is 0 Å². The first-order chi connectivity index (χ1) is 5.68. The quantitative estimate of drug-likeness (QED) is 0.473. The average molecular weight is 172 g/mol. The molecule has 0 aliphatic carbocycles. The molecule has 3 nitrogen and oxygen atoms in total. The molecule has 1 atom stereocenters. The Balaban J connectivity index is 0. The van der Waals surface area contributed by atoms with Crippen LogP contribution in [0.15, 0.2) is 25.3 Å². The Morgan fingerprint density at radius 3 is 1.83 bits per heavy atom. The summed E-state index contributed by atoms with van der Waals surface area (Å²) < 4.78 is 4.90. The highest BCUT2D eigenvalue weighted by atomic mass is 16.5. The summed E-state index contributed by atoms with van der Waals surface area (Å²) in [6.07, 6.45) is 3.42. The Labute approximate surface area is 75.1 Å². The third-order valence-corrected chi connectivity index (χ3v) is 0.843. The van der Waals surface area contributed by atoms with E-state index in [9.17, 15) is 0 Å². The first-order valence-electron chi connectivity index (χ1n) is 3.94. The van der Waals surface area contributed by atoms with Crippen molar-refractivity contribution in [2.75, 3.05) is 19.8 Å². The lowest BCUT2D eigenvalue weighted by atomic mass is 10.4. The summed E-state index contributed by atoms with van der Waals surface area (Å²) in [7, 11) is 0. The van der Waals surface area contributed by atoms with Crippen LogP contribution in [0.1, 0.15) is 6.92 Å². The number of hydrogen-bond donors (Lipinski definition) is 2. The molecule has 72 valence electrons. The second-order valence-electron chi connectivity index (χ2n) is 2.33. The minimum atomic E-state index is 0.162. The second-order valence-corrected chi connectivity index (χ2v) is 2.33. The molecule has 0 saturated heterocycles. The molecule has 1 unspecified atom stereocenters. The van der Waals surface area contributed by atoms with Gasteiger partial charge in [0.15, 0.2) is 0 Å². The highest BCUT2D eigenvalue weighted by Crippen LogP contribution is 1.72. The Morgan fingerprint density at radius 1 is 1.33 bits per heavy atom. The zero-order valence-electron chi connectivity index (χ0n) is 7.83. The van der Waals surface area contributed by atoms with E-state index < -0.39 is 0 Å². The smallest absolute Gasteiger partial charge is 0.0649 e. The van der Waals surface area contributed by atoms with Gasteiger partial charge in [0.2, 0.25) is 0 Å². The summed E-state index contributed by atoms with van der Waals surface area (Å²) in [6.45, 7) is 10.6. The van der Waals surface area contributed by atoms with Gasteiger partial charge in [-0.05, 0) is 6.92 Å². The molecule has 0 bridgehead atoms. The van der Waals surface area contributed by atoms with Crippen molar-refractivity contribution < 1.29 is 4.74 Å². The maximum Gasteiger partial charge on any atom is 0.0649 e. The largest absolute Gasteiger partial charge is 0.373 e. The van der Waals surface area contributed by atoms with Gasteiger partial charge in [0.05, 0.1) is 13.2 Å². The molecule has 0 aromatic heterocycles. The maximum absolute atomic E-state index is 5.17. The third kappa shape index (κ3) is 22.8. The van der Waals surface area contributed by atoms with Crippen molar-refractivity contribution >= 4 is 0 Å². The topological polar surface area (TPSA) is 61.3 Å². The number of ether oxygens (including phenoxy) is 1. The summed E-state index contributed by atoms with van der Waals surface area (Å²) in [6, 6.07) is 0.162. The fraction of sp³-hybridized carbons (Fsp3) is 0.556. The zero-order chi connectivity index (χ0) is 9.82. The molecule has 0 amide bonds. The van der Waals surface area contributed by atoms with Gasteiger partial charge in [-0.3, -0.25) is 0 Å². The molecule has 4 N–H and O–H groups in total. The van der Waals surface area contributed by atoms with Crippen LogP contribution in [0.25, 0.3) is 0 Å². The van der Waals surface area contributed by atoms with E-state index in [1.54, 1.807) is 12.2 Å². The van der Waals surface area contributed by atoms with Gasteiger partial charge in [-0.2, -0.15) is 0 Å². The third-order valence-electron chi connectivity index (χ3n) is 0.843. The van der Waals surface area contributed by atoms with Crippen LogP contribution >= 0.6 is 0 Å². The highest BCUT2D eigenvalue weighted by molar-refractivity contribution is 4.68. The lowest BCUT2D eigenvalue weighted by molar-refractivity contribution is 0.194. The Bertz CT molecular complexity index is 94.7. The Morgan fingerprint density at radius 2 is 1.67 bits per heavy atom. The van der Waals surface area contributed by atoms with Gasteiger partial charge in [0.25, 0.3) is 0 Å². The van der Waals surface area contributed by atoms with E-state index in [-0.39, 0.29) is 6.04 Å². The van der Waals surface area contributed by atoms with Crippen LogP contribution in [-0.2, 0) is 4.74 Å². The summed E-state index contributed by atoms with van der Waals surface area (Å²) in [5, 5.41) is 0. The van der Waals surface area contributed by atoms with Gasteiger partial charge >= 0.3 is 0 Å². The molecule has 12 heavy (non-hydrogen) atoms. The summed E-state index contributed by atoms with van der Waals surface area (Å²) >= 11 is 0. The maximum atomic E-state index is 5.17. The predicted octanol–water partition coefficient (Wildman–Crippen LogP) is 0.667. The van der Waals surface area contributed by atoms with E-state index >= 15 is 0 Å². The van der Waals surface area contributed by atoms with Gasteiger partial charge in [-0.1, -0.05) is 12.2 Å². The molecule has 0 aliphatic heterocycles. The predicted molar refractivity (Wildman–Crippen MR) is 53.9 cm³/mol. The SMILES string of the molecule is C=CCOCC=C.CC(N)CN. The van der Waals surface area contributed by atoms with Gasteiger partial charge in [0, 0.05) is 12.6 Å². The highest BCUT2D eigenvalue weighted by Gasteiger charge is 1.79. The van der Waals surface area contributed by atoms with Gasteiger partial charge in [-0.15, -0.1) is 13.2 Å². The van der Waals surface area contributed by atoms with E-state index in [4.69, 9.17) is 16.2 Å². The lowest BCUT2D eigenvalue weighted by Crippen LogP contribution is -2.25. The number of nitrogens with two attached hydrogens (primary N) is 2. The van der Waals surface area contributed by atoms with E-state index in [1.165, 1.54) is 0 Å². The molecule has 0 fully saturated rings. The molecular formula is C9H20N2O. The second kappa shape index (κ2) is 13.0. The van der Waals surface area contributed by atoms with Crippen LogP contribution in [-0.4, -0.2) is 25.8 Å². The fourth-order valence-corrected chi connectivity index (χ4v) is 0.235. The van der Waals surface area contributed by atoms with Crippen LogP contribution in [0, 0.1) is 0 Å². The van der Waals surface area contributed by atoms with Crippen molar-refractivity contribution in [3.05, 3.63) is 25.3 Å². The van der Waals surface area contributed by atoms with E-state index in [0.29, 0.717) is 19.8 Å². The molecule has 0 aliphatic rings. The van der Waals surface area contributed by atoms with Crippen LogP contribution in [0.5, 0.6) is 0 Å². The van der Waals surface area contributed by atoms with Crippen LogP contribution in [0.2, 0.25) is 0 Å². The first-order valence-corrected chi connectivity index (χ1v) is 3.94. The van der Waals surface area contributed by atoms with Crippen LogP contribution in [0.4, 0.5) is 0 Å². The van der Waals surface area contributed by atoms with E-state index in [0.717, 1.165) is 0 Å². The molecule has 0 aromatic carbocycles. The lowest BCUT2D eigenvalue weighted by Gasteiger charge is -1.92.